The molecule has 0 fully saturated rings. The van der Waals surface area contributed by atoms with Gasteiger partial charge in [-0.25, -0.2) is 4.98 Å². The molecule has 0 spiro atoms. The molecule has 3 N–H and O–H groups in total. The van der Waals surface area contributed by atoms with Gasteiger partial charge in [-0.1, -0.05) is 0 Å². The van der Waals surface area contributed by atoms with Crippen LogP contribution in [0.3, 0.4) is 0 Å². The number of hydrogen-bond acceptors (Lipinski definition) is 5. The Balaban J connectivity index is 1.95. The Kier molecular flexibility index (Phi) is 3.94. The van der Waals surface area contributed by atoms with E-state index in [1.54, 1.807) is 18.7 Å². The quantitative estimate of drug-likeness (QED) is 0.475. The number of carbonyl (C=O) groups excluding carboxylic acids is 1. The van der Waals surface area contributed by atoms with Crippen molar-refractivity contribution < 1.29 is 9.72 Å². The summed E-state index contributed by atoms with van der Waals surface area (Å²) >= 11 is 0. The van der Waals surface area contributed by atoms with Crippen LogP contribution in [0.25, 0.3) is 0 Å². The monoisotopic (exact) mass is 275 g/mol. The van der Waals surface area contributed by atoms with Crippen LogP contribution in [0, 0.1) is 10.1 Å². The van der Waals surface area contributed by atoms with Crippen LogP contribution in [0.4, 0.5) is 11.4 Å². The van der Waals surface area contributed by atoms with E-state index in [0.717, 1.165) is 0 Å². The van der Waals surface area contributed by atoms with Gasteiger partial charge < -0.3 is 15.6 Å². The summed E-state index contributed by atoms with van der Waals surface area (Å²) in [6, 6.07) is 3.89. The van der Waals surface area contributed by atoms with Gasteiger partial charge in [0.25, 0.3) is 11.6 Å². The molecular formula is C12H13N5O3. The summed E-state index contributed by atoms with van der Waals surface area (Å²) in [5.41, 5.74) is 5.58. The number of nitro benzene ring substituents is 1. The lowest BCUT2D eigenvalue weighted by molar-refractivity contribution is -0.383. The van der Waals surface area contributed by atoms with Crippen molar-refractivity contribution in [3.05, 3.63) is 52.6 Å². The Labute approximate surface area is 114 Å². The minimum atomic E-state index is -0.587. The van der Waals surface area contributed by atoms with Crippen molar-refractivity contribution in [3.8, 4) is 0 Å². The predicted octanol–water partition coefficient (Wildman–Crippen LogP) is 0.803. The summed E-state index contributed by atoms with van der Waals surface area (Å²) < 4.78 is 1.82. The molecule has 8 nitrogen and oxygen atoms in total. The van der Waals surface area contributed by atoms with Crippen LogP contribution in [0.5, 0.6) is 0 Å². The minimum absolute atomic E-state index is 0.0303. The fourth-order valence-electron chi connectivity index (χ4n) is 1.68. The Hall–Kier alpha value is -2.90. The number of imidazole rings is 1. The van der Waals surface area contributed by atoms with Crippen molar-refractivity contribution in [1.82, 2.24) is 14.9 Å². The summed E-state index contributed by atoms with van der Waals surface area (Å²) in [6.07, 6.45) is 5.09. The second-order valence-electron chi connectivity index (χ2n) is 4.09. The maximum absolute atomic E-state index is 11.8. The second kappa shape index (κ2) is 5.83. The number of nitrogen functional groups attached to an aromatic ring is 1. The number of benzene rings is 1. The molecule has 2 aromatic rings. The molecule has 2 rings (SSSR count). The van der Waals surface area contributed by atoms with Gasteiger partial charge in [0.15, 0.2) is 0 Å². The largest absolute Gasteiger partial charge is 0.393 e. The first-order valence-corrected chi connectivity index (χ1v) is 5.86. The highest BCUT2D eigenvalue weighted by Gasteiger charge is 2.14. The molecule has 0 aliphatic carbocycles. The van der Waals surface area contributed by atoms with Crippen molar-refractivity contribution in [2.75, 3.05) is 12.3 Å². The van der Waals surface area contributed by atoms with Crippen molar-refractivity contribution in [3.63, 3.8) is 0 Å². The lowest BCUT2D eigenvalue weighted by atomic mass is 10.1. The number of aromatic nitrogens is 2. The summed E-state index contributed by atoms with van der Waals surface area (Å²) in [6.45, 7) is 1.01. The first-order valence-electron chi connectivity index (χ1n) is 5.86. The van der Waals surface area contributed by atoms with E-state index in [1.807, 2.05) is 4.57 Å². The van der Waals surface area contributed by atoms with Crippen LogP contribution >= 0.6 is 0 Å². The lowest BCUT2D eigenvalue weighted by Gasteiger charge is -2.06. The smallest absolute Gasteiger partial charge is 0.292 e. The SMILES string of the molecule is Nc1cc(C(=O)NCCn2ccnc2)ccc1[N+](=O)[O-]. The zero-order valence-electron chi connectivity index (χ0n) is 10.5. The van der Waals surface area contributed by atoms with Crippen LogP contribution < -0.4 is 11.1 Å². The number of anilines is 1. The standard InChI is InChI=1S/C12H13N5O3/c13-10-7-9(1-2-11(10)17(19)20)12(18)15-4-6-16-5-3-14-8-16/h1-3,5,7-8H,4,6,13H2,(H,15,18). The van der Waals surface area contributed by atoms with Crippen LogP contribution in [-0.2, 0) is 6.54 Å². The highest BCUT2D eigenvalue weighted by atomic mass is 16.6. The minimum Gasteiger partial charge on any atom is -0.393 e. The summed E-state index contributed by atoms with van der Waals surface area (Å²) in [5.74, 6) is -0.327. The molecule has 0 saturated heterocycles. The molecule has 0 saturated carbocycles. The van der Waals surface area contributed by atoms with Crippen molar-refractivity contribution in [2.24, 2.45) is 0 Å². The average molecular weight is 275 g/mol. The Morgan fingerprint density at radius 1 is 1.50 bits per heavy atom. The topological polar surface area (TPSA) is 116 Å². The molecule has 0 radical (unpaired) electrons. The molecule has 0 bridgehead atoms. The van der Waals surface area contributed by atoms with E-state index in [0.29, 0.717) is 18.7 Å². The van der Waals surface area contributed by atoms with Gasteiger partial charge in [0.1, 0.15) is 5.69 Å². The predicted molar refractivity (Wildman–Crippen MR) is 72.1 cm³/mol. The van der Waals surface area contributed by atoms with Gasteiger partial charge in [-0.2, -0.15) is 0 Å². The summed E-state index contributed by atoms with van der Waals surface area (Å²) in [7, 11) is 0. The third-order valence-corrected chi connectivity index (χ3v) is 2.70. The maximum Gasteiger partial charge on any atom is 0.292 e. The van der Waals surface area contributed by atoms with Crippen LogP contribution in [0.2, 0.25) is 0 Å². The van der Waals surface area contributed by atoms with E-state index < -0.39 is 4.92 Å². The van der Waals surface area contributed by atoms with E-state index >= 15 is 0 Å². The van der Waals surface area contributed by atoms with Gasteiger partial charge in [-0.3, -0.25) is 14.9 Å². The van der Waals surface area contributed by atoms with Crippen molar-refractivity contribution in [2.45, 2.75) is 6.54 Å². The van der Waals surface area contributed by atoms with Crippen LogP contribution in [0.15, 0.2) is 36.9 Å². The average Bonchev–Trinajstić information content (AvgIpc) is 2.91. The number of amides is 1. The van der Waals surface area contributed by atoms with Gasteiger partial charge >= 0.3 is 0 Å². The number of nitrogens with zero attached hydrogens (tertiary/aromatic N) is 3. The zero-order chi connectivity index (χ0) is 14.5. The number of hydrogen-bond donors (Lipinski definition) is 2. The van der Waals surface area contributed by atoms with Gasteiger partial charge in [0.05, 0.1) is 11.3 Å². The molecule has 1 aromatic heterocycles. The van der Waals surface area contributed by atoms with E-state index in [1.165, 1.54) is 18.2 Å². The van der Waals surface area contributed by atoms with Crippen LogP contribution in [0.1, 0.15) is 10.4 Å². The van der Waals surface area contributed by atoms with E-state index in [2.05, 4.69) is 10.3 Å². The third-order valence-electron chi connectivity index (χ3n) is 2.70. The Morgan fingerprint density at radius 2 is 2.30 bits per heavy atom. The fourth-order valence-corrected chi connectivity index (χ4v) is 1.68. The fraction of sp³-hybridized carbons (Fsp3) is 0.167. The number of carbonyl (C=O) groups is 1. The van der Waals surface area contributed by atoms with Gasteiger partial charge in [0.2, 0.25) is 0 Å². The highest BCUT2D eigenvalue weighted by molar-refractivity contribution is 5.95. The molecule has 1 amide bonds. The van der Waals surface area contributed by atoms with Gasteiger partial charge in [-0.15, -0.1) is 0 Å². The number of nitro groups is 1. The summed E-state index contributed by atoms with van der Waals surface area (Å²) in [5, 5.41) is 13.3. The first kappa shape index (κ1) is 13.5. The molecule has 0 unspecified atom stereocenters. The third kappa shape index (κ3) is 3.10. The molecular weight excluding hydrogens is 262 g/mol. The first-order chi connectivity index (χ1) is 9.58. The Bertz CT molecular complexity index is 624. The molecule has 1 heterocycles. The molecule has 8 heteroatoms. The van der Waals surface area contributed by atoms with Crippen molar-refractivity contribution >= 4 is 17.3 Å². The molecule has 0 atom stereocenters. The molecule has 1 aromatic carbocycles. The highest BCUT2D eigenvalue weighted by Crippen LogP contribution is 2.21. The van der Waals surface area contributed by atoms with E-state index in [-0.39, 0.29) is 17.3 Å². The molecule has 20 heavy (non-hydrogen) atoms. The summed E-state index contributed by atoms with van der Waals surface area (Å²) in [4.78, 5) is 25.8. The molecule has 0 aliphatic rings. The van der Waals surface area contributed by atoms with Crippen LogP contribution in [-0.4, -0.2) is 26.9 Å². The normalized spacial score (nSPS) is 10.2. The maximum atomic E-state index is 11.8. The number of rotatable bonds is 5. The number of nitrogens with two attached hydrogens (primary N) is 1. The number of nitrogens with one attached hydrogen (secondary N) is 1. The lowest BCUT2D eigenvalue weighted by Crippen LogP contribution is -2.27. The van der Waals surface area contributed by atoms with Gasteiger partial charge in [-0.05, 0) is 12.1 Å². The van der Waals surface area contributed by atoms with Crippen molar-refractivity contribution in [1.29, 1.82) is 0 Å². The molecule has 104 valence electrons. The zero-order valence-corrected chi connectivity index (χ0v) is 10.5. The molecule has 0 aliphatic heterocycles. The van der Waals surface area contributed by atoms with Gasteiger partial charge in [0, 0.05) is 37.1 Å². The van der Waals surface area contributed by atoms with E-state index in [4.69, 9.17) is 5.73 Å². The van der Waals surface area contributed by atoms with E-state index in [9.17, 15) is 14.9 Å². The Morgan fingerprint density at radius 3 is 2.90 bits per heavy atom. The second-order valence-corrected chi connectivity index (χ2v) is 4.09.